The maximum absolute atomic E-state index is 13.4. The number of rotatable bonds is 6. The van der Waals surface area contributed by atoms with Gasteiger partial charge in [-0.25, -0.2) is 0 Å². The average molecular weight is 470 g/mol. The van der Waals surface area contributed by atoms with E-state index < -0.39 is 11.5 Å². The van der Waals surface area contributed by atoms with E-state index in [-0.39, 0.29) is 12.2 Å². The van der Waals surface area contributed by atoms with E-state index in [0.717, 1.165) is 29.9 Å². The molecule has 0 spiro atoms. The summed E-state index contributed by atoms with van der Waals surface area (Å²) in [5.41, 5.74) is 3.19. The van der Waals surface area contributed by atoms with Gasteiger partial charge in [-0.2, -0.15) is 0 Å². The summed E-state index contributed by atoms with van der Waals surface area (Å²) in [5, 5.41) is 9.17. The number of carbonyl (C=O) groups is 1. The standard InChI is InChI=1S/C26H28ClNO3.CH4O/c1-26(2,3)31-15-19(14-29)24-23(17-7-10-20(27)11-8-17)21-12-9-18(16-5-6-16)13-22(21)25(30)28(24)4;1-2/h7-14,16,19H,5-6,15H2,1-4H3;2H,1H3. The normalized spacial score (nSPS) is 14.5. The number of benzene rings is 2. The second kappa shape index (κ2) is 10.2. The smallest absolute Gasteiger partial charge is 0.258 e. The lowest BCUT2D eigenvalue weighted by Gasteiger charge is -2.25. The second-order valence-electron chi connectivity index (χ2n) is 9.38. The van der Waals surface area contributed by atoms with E-state index in [1.165, 1.54) is 18.4 Å². The molecule has 0 saturated heterocycles. The molecule has 1 aliphatic carbocycles. The van der Waals surface area contributed by atoms with Crippen LogP contribution >= 0.6 is 11.6 Å². The molecule has 0 aliphatic heterocycles. The highest BCUT2D eigenvalue weighted by molar-refractivity contribution is 6.30. The van der Waals surface area contributed by atoms with Crippen LogP contribution in [0.2, 0.25) is 5.02 Å². The minimum Gasteiger partial charge on any atom is -0.400 e. The summed E-state index contributed by atoms with van der Waals surface area (Å²) in [5.74, 6) is -0.0224. The fraction of sp³-hybridized carbons (Fsp3) is 0.407. The van der Waals surface area contributed by atoms with Crippen molar-refractivity contribution in [2.75, 3.05) is 13.7 Å². The van der Waals surface area contributed by atoms with Gasteiger partial charge in [0.25, 0.3) is 5.56 Å². The molecule has 3 aromatic rings. The SMILES string of the molecule is CO.Cn1c(C(C=O)COC(C)(C)C)c(-c2ccc(Cl)cc2)c2ccc(C3CC3)cc2c1=O. The molecule has 1 N–H and O–H groups in total. The summed E-state index contributed by atoms with van der Waals surface area (Å²) in [6.45, 7) is 6.06. The number of aliphatic hydroxyl groups is 1. The van der Waals surface area contributed by atoms with Crippen molar-refractivity contribution in [3.05, 3.63) is 69.1 Å². The van der Waals surface area contributed by atoms with E-state index in [4.69, 9.17) is 21.4 Å². The van der Waals surface area contributed by atoms with E-state index >= 15 is 0 Å². The number of aliphatic hydroxyl groups excluding tert-OH is 1. The van der Waals surface area contributed by atoms with Gasteiger partial charge in [0.2, 0.25) is 0 Å². The fourth-order valence-corrected chi connectivity index (χ4v) is 4.23. The topological polar surface area (TPSA) is 68.5 Å². The Bertz CT molecular complexity index is 1190. The molecule has 1 unspecified atom stereocenters. The first-order valence-electron chi connectivity index (χ1n) is 11.2. The molecule has 1 saturated carbocycles. The van der Waals surface area contributed by atoms with E-state index in [9.17, 15) is 9.59 Å². The van der Waals surface area contributed by atoms with Crippen molar-refractivity contribution in [3.63, 3.8) is 0 Å². The molecule has 0 bridgehead atoms. The Hall–Kier alpha value is -2.47. The van der Waals surface area contributed by atoms with E-state index in [0.29, 0.717) is 22.0 Å². The summed E-state index contributed by atoms with van der Waals surface area (Å²) in [4.78, 5) is 25.6. The van der Waals surface area contributed by atoms with Gasteiger partial charge in [0.1, 0.15) is 6.29 Å². The predicted octanol–water partition coefficient (Wildman–Crippen LogP) is 5.44. The Morgan fingerprint density at radius 1 is 1.12 bits per heavy atom. The van der Waals surface area contributed by atoms with Crippen LogP contribution in [0.15, 0.2) is 47.3 Å². The first kappa shape index (κ1) is 25.2. The molecular formula is C27H32ClNO4. The lowest BCUT2D eigenvalue weighted by atomic mass is 9.90. The summed E-state index contributed by atoms with van der Waals surface area (Å²) >= 11 is 6.13. The molecule has 0 radical (unpaired) electrons. The van der Waals surface area contributed by atoms with E-state index in [1.807, 2.05) is 57.2 Å². The largest absolute Gasteiger partial charge is 0.400 e. The van der Waals surface area contributed by atoms with E-state index in [1.54, 1.807) is 11.6 Å². The maximum Gasteiger partial charge on any atom is 0.258 e. The summed E-state index contributed by atoms with van der Waals surface area (Å²) in [6.07, 6.45) is 3.22. The highest BCUT2D eigenvalue weighted by Gasteiger charge is 2.27. The van der Waals surface area contributed by atoms with Gasteiger partial charge < -0.3 is 19.2 Å². The molecule has 1 heterocycles. The van der Waals surface area contributed by atoms with Crippen LogP contribution in [0.3, 0.4) is 0 Å². The Balaban J connectivity index is 0.00000149. The number of hydrogen-bond acceptors (Lipinski definition) is 4. The first-order chi connectivity index (χ1) is 15.7. The highest BCUT2D eigenvalue weighted by atomic mass is 35.5. The van der Waals surface area contributed by atoms with Crippen LogP contribution in [0.4, 0.5) is 0 Å². The van der Waals surface area contributed by atoms with Crippen LogP contribution in [0.5, 0.6) is 0 Å². The zero-order valence-corrected chi connectivity index (χ0v) is 20.6. The molecule has 4 rings (SSSR count). The van der Waals surface area contributed by atoms with Crippen molar-refractivity contribution < 1.29 is 14.6 Å². The van der Waals surface area contributed by atoms with Crippen LogP contribution in [0, 0.1) is 0 Å². The minimum absolute atomic E-state index is 0.0900. The fourth-order valence-electron chi connectivity index (χ4n) is 4.10. The number of pyridine rings is 1. The third-order valence-corrected chi connectivity index (χ3v) is 6.11. The van der Waals surface area contributed by atoms with Crippen molar-refractivity contribution in [2.45, 2.75) is 51.0 Å². The molecule has 33 heavy (non-hydrogen) atoms. The number of hydrogen-bond donors (Lipinski definition) is 1. The highest BCUT2D eigenvalue weighted by Crippen LogP contribution is 2.42. The maximum atomic E-state index is 13.4. The molecule has 0 amide bonds. The summed E-state index contributed by atoms with van der Waals surface area (Å²) in [7, 11) is 2.74. The van der Waals surface area contributed by atoms with Crippen molar-refractivity contribution in [3.8, 4) is 11.1 Å². The third-order valence-electron chi connectivity index (χ3n) is 5.86. The molecular weight excluding hydrogens is 438 g/mol. The number of aromatic nitrogens is 1. The van der Waals surface area contributed by atoms with E-state index in [2.05, 4.69) is 6.07 Å². The number of carbonyl (C=O) groups excluding carboxylic acids is 1. The number of fused-ring (bicyclic) bond motifs is 1. The van der Waals surface area contributed by atoms with Gasteiger partial charge in [-0.1, -0.05) is 35.9 Å². The van der Waals surface area contributed by atoms with Gasteiger partial charge in [0, 0.05) is 35.8 Å². The average Bonchev–Trinajstić information content (AvgIpc) is 3.64. The van der Waals surface area contributed by atoms with Crippen molar-refractivity contribution >= 4 is 28.7 Å². The third kappa shape index (κ3) is 5.55. The molecule has 1 atom stereocenters. The molecule has 1 aliphatic rings. The second-order valence-corrected chi connectivity index (χ2v) is 9.81. The number of aldehydes is 1. The molecule has 1 aromatic heterocycles. The van der Waals surface area contributed by atoms with Gasteiger partial charge in [0.15, 0.2) is 0 Å². The Labute approximate surface area is 200 Å². The van der Waals surface area contributed by atoms with Gasteiger partial charge in [-0.15, -0.1) is 0 Å². The van der Waals surface area contributed by atoms with Crippen molar-refractivity contribution in [1.82, 2.24) is 4.57 Å². The number of halogens is 1. The van der Waals surface area contributed by atoms with Crippen LogP contribution in [-0.2, 0) is 16.6 Å². The summed E-state index contributed by atoms with van der Waals surface area (Å²) in [6, 6.07) is 13.7. The number of nitrogens with zero attached hydrogens (tertiary/aromatic N) is 1. The van der Waals surface area contributed by atoms with Crippen LogP contribution < -0.4 is 5.56 Å². The van der Waals surface area contributed by atoms with Crippen molar-refractivity contribution in [1.29, 1.82) is 0 Å². The quantitative estimate of drug-likeness (QED) is 0.488. The molecule has 5 nitrogen and oxygen atoms in total. The predicted molar refractivity (Wildman–Crippen MR) is 134 cm³/mol. The first-order valence-corrected chi connectivity index (χ1v) is 11.5. The molecule has 1 fully saturated rings. The van der Waals surface area contributed by atoms with Crippen molar-refractivity contribution in [2.24, 2.45) is 7.05 Å². The lowest BCUT2D eigenvalue weighted by molar-refractivity contribution is -0.112. The number of ether oxygens (including phenoxy) is 1. The van der Waals surface area contributed by atoms with Gasteiger partial charge >= 0.3 is 0 Å². The molecule has 2 aromatic carbocycles. The zero-order valence-electron chi connectivity index (χ0n) is 19.9. The van der Waals surface area contributed by atoms with Crippen LogP contribution in [0.25, 0.3) is 21.9 Å². The lowest BCUT2D eigenvalue weighted by Crippen LogP contribution is -2.29. The monoisotopic (exact) mass is 469 g/mol. The Morgan fingerprint density at radius 2 is 1.76 bits per heavy atom. The summed E-state index contributed by atoms with van der Waals surface area (Å²) < 4.78 is 7.56. The van der Waals surface area contributed by atoms with Crippen LogP contribution in [-0.4, -0.2) is 35.3 Å². The molecule has 6 heteroatoms. The Morgan fingerprint density at radius 3 is 2.30 bits per heavy atom. The molecule has 176 valence electrons. The zero-order chi connectivity index (χ0) is 24.3. The van der Waals surface area contributed by atoms with Gasteiger partial charge in [-0.05, 0) is 74.2 Å². The van der Waals surface area contributed by atoms with Gasteiger partial charge in [-0.3, -0.25) is 4.79 Å². The Kier molecular flexibility index (Phi) is 7.78. The van der Waals surface area contributed by atoms with Crippen LogP contribution in [0.1, 0.15) is 56.7 Å². The van der Waals surface area contributed by atoms with Gasteiger partial charge in [0.05, 0.1) is 18.1 Å². The minimum atomic E-state index is -0.574.